The Morgan fingerprint density at radius 1 is 1.13 bits per heavy atom. The van der Waals surface area contributed by atoms with E-state index in [0.717, 1.165) is 49.9 Å². The van der Waals surface area contributed by atoms with Gasteiger partial charge in [0.25, 0.3) is 0 Å². The maximum Gasteiger partial charge on any atom is 0.191 e. The lowest BCUT2D eigenvalue weighted by Gasteiger charge is -2.38. The Kier molecular flexibility index (Phi) is 9.74. The zero-order valence-electron chi connectivity index (χ0n) is 18.2. The first kappa shape index (κ1) is 24.3. The van der Waals surface area contributed by atoms with Crippen molar-refractivity contribution in [1.29, 1.82) is 0 Å². The molecule has 3 rings (SSSR count). The summed E-state index contributed by atoms with van der Waals surface area (Å²) in [6.07, 6.45) is 11.7. The number of aromatic nitrogens is 2. The van der Waals surface area contributed by atoms with Crippen molar-refractivity contribution in [3.63, 3.8) is 0 Å². The number of methoxy groups -OCH3 is 2. The first-order valence-corrected chi connectivity index (χ1v) is 10.3. The monoisotopic (exact) mass is 527 g/mol. The topological polar surface area (TPSA) is 72.7 Å². The second-order valence-corrected chi connectivity index (χ2v) is 7.56. The van der Waals surface area contributed by atoms with Crippen molar-refractivity contribution in [2.24, 2.45) is 4.99 Å². The molecule has 0 unspecified atom stereocenters. The van der Waals surface area contributed by atoms with Crippen LogP contribution in [-0.4, -0.2) is 49.9 Å². The van der Waals surface area contributed by atoms with Gasteiger partial charge in [0, 0.05) is 44.5 Å². The predicted molar refractivity (Wildman–Crippen MR) is 131 cm³/mol. The summed E-state index contributed by atoms with van der Waals surface area (Å²) in [5.74, 6) is 2.39. The molecule has 0 amide bonds. The number of rotatable bonds is 8. The quantitative estimate of drug-likeness (QED) is 0.312. The van der Waals surface area contributed by atoms with E-state index in [1.807, 2.05) is 30.2 Å². The molecule has 1 heterocycles. The van der Waals surface area contributed by atoms with E-state index in [2.05, 4.69) is 32.7 Å². The fourth-order valence-corrected chi connectivity index (χ4v) is 4.16. The summed E-state index contributed by atoms with van der Waals surface area (Å²) in [6, 6.07) is 6.34. The fraction of sp³-hybridized carbons (Fsp3) is 0.545. The zero-order chi connectivity index (χ0) is 20.5. The van der Waals surface area contributed by atoms with Crippen LogP contribution >= 0.6 is 24.0 Å². The van der Waals surface area contributed by atoms with Crippen molar-refractivity contribution in [2.45, 2.75) is 44.1 Å². The number of halogens is 1. The maximum absolute atomic E-state index is 5.56. The van der Waals surface area contributed by atoms with E-state index in [1.54, 1.807) is 20.4 Å². The lowest BCUT2D eigenvalue weighted by Crippen LogP contribution is -2.47. The Labute approximate surface area is 196 Å². The molecule has 1 aliphatic carbocycles. The van der Waals surface area contributed by atoms with Gasteiger partial charge in [0.15, 0.2) is 17.5 Å². The van der Waals surface area contributed by atoms with Crippen molar-refractivity contribution >= 4 is 29.9 Å². The molecule has 0 atom stereocenters. The van der Waals surface area contributed by atoms with Gasteiger partial charge in [-0.2, -0.15) is 0 Å². The van der Waals surface area contributed by atoms with Crippen LogP contribution in [-0.2, 0) is 12.0 Å². The van der Waals surface area contributed by atoms with E-state index in [1.165, 1.54) is 24.8 Å². The second-order valence-electron chi connectivity index (χ2n) is 7.56. The van der Waals surface area contributed by atoms with Crippen LogP contribution in [0.4, 0.5) is 0 Å². The Morgan fingerprint density at radius 2 is 1.90 bits per heavy atom. The van der Waals surface area contributed by atoms with Gasteiger partial charge in [-0.1, -0.05) is 25.3 Å². The molecule has 2 aromatic rings. The molecule has 0 saturated heterocycles. The Hall–Kier alpha value is -1.97. The van der Waals surface area contributed by atoms with E-state index in [4.69, 9.17) is 9.47 Å². The molecule has 0 bridgehead atoms. The lowest BCUT2D eigenvalue weighted by atomic mass is 9.69. The largest absolute Gasteiger partial charge is 0.493 e. The highest BCUT2D eigenvalue weighted by Crippen LogP contribution is 2.42. The molecule has 0 aliphatic heterocycles. The average Bonchev–Trinajstić information content (AvgIpc) is 3.29. The molecular formula is C22H34IN5O2. The SMILES string of the molecule is CN=C(NCCn1ccnc1)NCC1(c2ccc(OC)c(OC)c2)CCCCC1.I. The van der Waals surface area contributed by atoms with E-state index < -0.39 is 0 Å². The molecule has 1 aromatic carbocycles. The smallest absolute Gasteiger partial charge is 0.191 e. The van der Waals surface area contributed by atoms with Crippen LogP contribution in [0.3, 0.4) is 0 Å². The van der Waals surface area contributed by atoms with Gasteiger partial charge in [0.2, 0.25) is 0 Å². The summed E-state index contributed by atoms with van der Waals surface area (Å²) in [5, 5.41) is 6.97. The van der Waals surface area contributed by atoms with Crippen LogP contribution in [0.25, 0.3) is 0 Å². The van der Waals surface area contributed by atoms with Crippen molar-refractivity contribution in [1.82, 2.24) is 20.2 Å². The summed E-state index contributed by atoms with van der Waals surface area (Å²) >= 11 is 0. The number of ether oxygens (including phenoxy) is 2. The molecule has 8 heteroatoms. The van der Waals surface area contributed by atoms with Gasteiger partial charge in [-0.3, -0.25) is 4.99 Å². The van der Waals surface area contributed by atoms with E-state index >= 15 is 0 Å². The van der Waals surface area contributed by atoms with Crippen molar-refractivity contribution < 1.29 is 9.47 Å². The summed E-state index contributed by atoms with van der Waals surface area (Å²) in [6.45, 7) is 2.48. The van der Waals surface area contributed by atoms with Crippen LogP contribution in [0, 0.1) is 0 Å². The first-order valence-electron chi connectivity index (χ1n) is 10.3. The summed E-state index contributed by atoms with van der Waals surface area (Å²) < 4.78 is 13.0. The van der Waals surface area contributed by atoms with Gasteiger partial charge >= 0.3 is 0 Å². The minimum atomic E-state index is 0. The van der Waals surface area contributed by atoms with Gasteiger partial charge in [-0.05, 0) is 30.5 Å². The number of nitrogens with one attached hydrogen (secondary N) is 2. The van der Waals surface area contributed by atoms with Gasteiger partial charge in [0.05, 0.1) is 20.5 Å². The standard InChI is InChI=1S/C22H33N5O2.HI/c1-23-21(25-12-14-27-13-11-24-17-27)26-16-22(9-5-4-6-10-22)18-7-8-19(28-2)20(15-18)29-3;/h7-8,11,13,15,17H,4-6,9-10,12,14,16H2,1-3H3,(H2,23,25,26);1H. The van der Waals surface area contributed by atoms with Gasteiger partial charge in [-0.25, -0.2) is 4.98 Å². The number of nitrogens with zero attached hydrogens (tertiary/aromatic N) is 3. The van der Waals surface area contributed by atoms with Gasteiger partial charge in [0.1, 0.15) is 0 Å². The zero-order valence-corrected chi connectivity index (χ0v) is 20.5. The van der Waals surface area contributed by atoms with E-state index in [9.17, 15) is 0 Å². The number of benzene rings is 1. The van der Waals surface area contributed by atoms with E-state index in [0.29, 0.717) is 0 Å². The van der Waals surface area contributed by atoms with Gasteiger partial charge < -0.3 is 24.7 Å². The highest BCUT2D eigenvalue weighted by atomic mass is 127. The molecule has 2 N–H and O–H groups in total. The molecule has 0 spiro atoms. The highest BCUT2D eigenvalue weighted by molar-refractivity contribution is 14.0. The summed E-state index contributed by atoms with van der Waals surface area (Å²) in [4.78, 5) is 8.48. The Bertz CT molecular complexity index is 789. The van der Waals surface area contributed by atoms with Crippen molar-refractivity contribution in [3.8, 4) is 11.5 Å². The minimum Gasteiger partial charge on any atom is -0.493 e. The first-order chi connectivity index (χ1) is 14.2. The van der Waals surface area contributed by atoms with Gasteiger partial charge in [-0.15, -0.1) is 24.0 Å². The van der Waals surface area contributed by atoms with E-state index in [-0.39, 0.29) is 29.4 Å². The molecule has 1 aromatic heterocycles. The number of imidazole rings is 1. The third-order valence-corrected chi connectivity index (χ3v) is 5.85. The van der Waals surface area contributed by atoms with Crippen molar-refractivity contribution in [3.05, 3.63) is 42.5 Å². The maximum atomic E-state index is 5.56. The summed E-state index contributed by atoms with van der Waals surface area (Å²) in [7, 11) is 5.19. The lowest BCUT2D eigenvalue weighted by molar-refractivity contribution is 0.288. The third-order valence-electron chi connectivity index (χ3n) is 5.85. The Balaban J connectivity index is 0.00000320. The minimum absolute atomic E-state index is 0. The molecule has 1 fully saturated rings. The molecule has 0 radical (unpaired) electrons. The molecule has 166 valence electrons. The summed E-state index contributed by atoms with van der Waals surface area (Å²) in [5.41, 5.74) is 1.37. The molecule has 1 aliphatic rings. The third kappa shape index (κ3) is 6.02. The van der Waals surface area contributed by atoms with Crippen LogP contribution in [0.15, 0.2) is 41.9 Å². The normalized spacial score (nSPS) is 15.8. The second kappa shape index (κ2) is 12.0. The predicted octanol–water partition coefficient (Wildman–Crippen LogP) is 3.59. The van der Waals surface area contributed by atoms with Crippen LogP contribution in [0.2, 0.25) is 0 Å². The molecule has 1 saturated carbocycles. The molecule has 30 heavy (non-hydrogen) atoms. The number of aliphatic imine (C=N–C) groups is 1. The number of hydrogen-bond acceptors (Lipinski definition) is 4. The van der Waals surface area contributed by atoms with Crippen LogP contribution in [0.1, 0.15) is 37.7 Å². The van der Waals surface area contributed by atoms with Crippen molar-refractivity contribution in [2.75, 3.05) is 34.4 Å². The molecular weight excluding hydrogens is 493 g/mol. The Morgan fingerprint density at radius 3 is 2.53 bits per heavy atom. The number of guanidine groups is 1. The average molecular weight is 527 g/mol. The fourth-order valence-electron chi connectivity index (χ4n) is 4.16. The highest BCUT2D eigenvalue weighted by Gasteiger charge is 2.34. The van der Waals surface area contributed by atoms with Crippen LogP contribution in [0.5, 0.6) is 11.5 Å². The molecule has 7 nitrogen and oxygen atoms in total. The number of hydrogen-bond donors (Lipinski definition) is 2. The van der Waals surface area contributed by atoms with Crippen LogP contribution < -0.4 is 20.1 Å².